The number of hydrogen-bond acceptors (Lipinski definition) is 0. The second-order valence-electron chi connectivity index (χ2n) is 2.42. The third kappa shape index (κ3) is 2.17. The van der Waals surface area contributed by atoms with E-state index in [-0.39, 0.29) is 0 Å². The van der Waals surface area contributed by atoms with Gasteiger partial charge < -0.3 is 0 Å². The second-order valence-corrected chi connectivity index (χ2v) is 4.24. The Morgan fingerprint density at radius 2 is 2.20 bits per heavy atom. The molecule has 0 saturated heterocycles. The fourth-order valence-corrected chi connectivity index (χ4v) is 2.04. The molecule has 10 heavy (non-hydrogen) atoms. The Morgan fingerprint density at radius 3 is 2.80 bits per heavy atom. The zero-order valence-electron chi connectivity index (χ0n) is 6.42. The van der Waals surface area contributed by atoms with Crippen LogP contribution in [0.5, 0.6) is 0 Å². The summed E-state index contributed by atoms with van der Waals surface area (Å²) in [6.45, 7) is 2.14. The van der Waals surface area contributed by atoms with Crippen LogP contribution < -0.4 is 0 Å². The molecule has 0 aromatic heterocycles. The molecule has 54 valence electrons. The summed E-state index contributed by atoms with van der Waals surface area (Å²) < 4.78 is 0. The fraction of sp³-hybridized carbons (Fsp3) is 0.333. The van der Waals surface area contributed by atoms with E-state index in [4.69, 9.17) is 0 Å². The van der Waals surface area contributed by atoms with E-state index in [1.54, 1.807) is 0 Å². The molecule has 0 nitrogen and oxygen atoms in total. The van der Waals surface area contributed by atoms with Gasteiger partial charge in [0.2, 0.25) is 0 Å². The summed E-state index contributed by atoms with van der Waals surface area (Å²) in [5.74, 6) is 2.27. The molecule has 0 aliphatic carbocycles. The Morgan fingerprint density at radius 1 is 1.40 bits per heavy atom. The summed E-state index contributed by atoms with van der Waals surface area (Å²) >= 11 is 0.772. The zero-order chi connectivity index (χ0) is 7.40. The average Bonchev–Trinajstić information content (AvgIpc) is 1.88. The molecule has 0 amide bonds. The predicted octanol–water partition coefficient (Wildman–Crippen LogP) is 2.25. The van der Waals surface area contributed by atoms with Crippen molar-refractivity contribution in [2.45, 2.75) is 18.1 Å². The maximum absolute atomic E-state index is 2.27. The van der Waals surface area contributed by atoms with Crippen molar-refractivity contribution in [1.29, 1.82) is 0 Å². The molecule has 0 fully saturated rings. The van der Waals surface area contributed by atoms with Gasteiger partial charge in [-0.25, -0.2) is 0 Å². The number of benzene rings is 1. The van der Waals surface area contributed by atoms with Crippen molar-refractivity contribution in [2.75, 3.05) is 0 Å². The molecule has 0 bridgehead atoms. The van der Waals surface area contributed by atoms with Gasteiger partial charge in [0.15, 0.2) is 0 Å². The first kappa shape index (κ1) is 7.84. The molecule has 1 rings (SSSR count). The van der Waals surface area contributed by atoms with E-state index in [2.05, 4.69) is 37.0 Å². The molecule has 0 unspecified atom stereocenters. The van der Waals surface area contributed by atoms with Crippen molar-refractivity contribution >= 4 is 15.0 Å². The molecule has 0 saturated carbocycles. The first-order valence-corrected chi connectivity index (χ1v) is 6.30. The van der Waals surface area contributed by atoms with Crippen molar-refractivity contribution in [1.82, 2.24) is 0 Å². The van der Waals surface area contributed by atoms with Gasteiger partial charge in [-0.3, -0.25) is 0 Å². The number of aryl methyl sites for hydroxylation is 1. The van der Waals surface area contributed by atoms with E-state index in [1.807, 2.05) is 0 Å². The van der Waals surface area contributed by atoms with E-state index in [9.17, 15) is 0 Å². The molecule has 0 aliphatic heterocycles. The van der Waals surface area contributed by atoms with Crippen molar-refractivity contribution in [3.05, 3.63) is 35.4 Å². The van der Waals surface area contributed by atoms with Gasteiger partial charge in [-0.05, 0) is 0 Å². The first-order valence-electron chi connectivity index (χ1n) is 3.37. The van der Waals surface area contributed by atoms with Crippen LogP contribution in [0.25, 0.3) is 0 Å². The number of rotatable bonds is 2. The summed E-state index contributed by atoms with van der Waals surface area (Å²) in [7, 11) is 0. The van der Waals surface area contributed by atoms with E-state index < -0.39 is 0 Å². The topological polar surface area (TPSA) is 0 Å². The Balaban J connectivity index is 2.75. The molecule has 1 heteroatoms. The van der Waals surface area contributed by atoms with Crippen molar-refractivity contribution in [2.24, 2.45) is 0 Å². The van der Waals surface area contributed by atoms with Crippen LogP contribution in [0, 0.1) is 6.92 Å². The van der Waals surface area contributed by atoms with Gasteiger partial charge in [0.05, 0.1) is 0 Å². The van der Waals surface area contributed by atoms with E-state index in [0.29, 0.717) is 0 Å². The number of hydrogen-bond donors (Lipinski definition) is 0. The minimum absolute atomic E-state index is 0.772. The molecule has 0 radical (unpaired) electrons. The SMILES string of the molecule is C[Se]Cc1cccc(C)c1. The summed E-state index contributed by atoms with van der Waals surface area (Å²) in [5, 5.41) is 1.27. The van der Waals surface area contributed by atoms with Crippen molar-refractivity contribution < 1.29 is 0 Å². The van der Waals surface area contributed by atoms with E-state index in [0.717, 1.165) is 15.0 Å². The van der Waals surface area contributed by atoms with Gasteiger partial charge in [0.1, 0.15) is 0 Å². The fourth-order valence-electron chi connectivity index (χ4n) is 0.969. The molecule has 0 heterocycles. The van der Waals surface area contributed by atoms with E-state index in [1.165, 1.54) is 16.4 Å². The molecule has 1 aromatic rings. The third-order valence-electron chi connectivity index (χ3n) is 1.39. The quantitative estimate of drug-likeness (QED) is 0.641. The monoisotopic (exact) mass is 200 g/mol. The Kier molecular flexibility index (Phi) is 2.98. The Bertz CT molecular complexity index is 206. The Hall–Kier alpha value is -0.261. The summed E-state index contributed by atoms with van der Waals surface area (Å²) in [4.78, 5) is 0. The van der Waals surface area contributed by atoms with E-state index >= 15 is 0 Å². The summed E-state index contributed by atoms with van der Waals surface area (Å²) in [5.41, 5.74) is 2.87. The van der Waals surface area contributed by atoms with Gasteiger partial charge in [-0.15, -0.1) is 0 Å². The first-order chi connectivity index (χ1) is 4.83. The normalized spacial score (nSPS) is 9.80. The molecule has 0 spiro atoms. The van der Waals surface area contributed by atoms with Crippen molar-refractivity contribution in [3.8, 4) is 0 Å². The summed E-state index contributed by atoms with van der Waals surface area (Å²) in [6.07, 6.45) is 0. The molecular formula is C9H12Se. The van der Waals surface area contributed by atoms with Crippen LogP contribution in [0.3, 0.4) is 0 Å². The average molecular weight is 199 g/mol. The summed E-state index contributed by atoms with van der Waals surface area (Å²) in [6, 6.07) is 8.76. The maximum atomic E-state index is 2.27. The van der Waals surface area contributed by atoms with Crippen LogP contribution in [0.2, 0.25) is 5.82 Å². The van der Waals surface area contributed by atoms with Crippen molar-refractivity contribution in [3.63, 3.8) is 0 Å². The van der Waals surface area contributed by atoms with Gasteiger partial charge in [-0.2, -0.15) is 0 Å². The van der Waals surface area contributed by atoms with Gasteiger partial charge in [0.25, 0.3) is 0 Å². The van der Waals surface area contributed by atoms with Crippen LogP contribution in [0.4, 0.5) is 0 Å². The zero-order valence-corrected chi connectivity index (χ0v) is 8.14. The molecule has 1 aromatic carbocycles. The molecular weight excluding hydrogens is 187 g/mol. The molecule has 0 N–H and O–H groups in total. The van der Waals surface area contributed by atoms with Gasteiger partial charge in [0, 0.05) is 0 Å². The minimum atomic E-state index is 0.772. The third-order valence-corrected chi connectivity index (χ3v) is 2.70. The van der Waals surface area contributed by atoms with Crippen LogP contribution in [-0.2, 0) is 5.32 Å². The standard InChI is InChI=1S/C9H12Se/c1-8-4-3-5-9(6-8)7-10-2/h3-6H,7H2,1-2H3. The predicted molar refractivity (Wildman–Crippen MR) is 46.5 cm³/mol. The van der Waals surface area contributed by atoms with Crippen LogP contribution in [0.1, 0.15) is 11.1 Å². The second kappa shape index (κ2) is 3.80. The van der Waals surface area contributed by atoms with Crippen LogP contribution in [0.15, 0.2) is 24.3 Å². The van der Waals surface area contributed by atoms with Gasteiger partial charge >= 0.3 is 68.4 Å². The Labute approximate surface area is 68.8 Å². The molecule has 0 atom stereocenters. The molecule has 0 aliphatic rings. The van der Waals surface area contributed by atoms with Crippen LogP contribution >= 0.6 is 0 Å². The van der Waals surface area contributed by atoms with Crippen LogP contribution in [-0.4, -0.2) is 15.0 Å². The van der Waals surface area contributed by atoms with Gasteiger partial charge in [-0.1, -0.05) is 0 Å².